The molecule has 0 atom stereocenters. The summed E-state index contributed by atoms with van der Waals surface area (Å²) in [6.45, 7) is 5.86. The van der Waals surface area contributed by atoms with Gasteiger partial charge in [-0.3, -0.25) is 4.98 Å². The Kier molecular flexibility index (Phi) is 13.7. The molecule has 68 heavy (non-hydrogen) atoms. The monoisotopic (exact) mass is 1130 g/mol. The predicted octanol–water partition coefficient (Wildman–Crippen LogP) is 16.1. The molecule has 0 bridgehead atoms. The van der Waals surface area contributed by atoms with Crippen molar-refractivity contribution < 1.29 is 25.9 Å². The summed E-state index contributed by atoms with van der Waals surface area (Å²) in [6.07, 6.45) is 9.85. The number of aryl methyl sites for hydroxylation is 1. The van der Waals surface area contributed by atoms with Gasteiger partial charge < -0.3 is 4.57 Å². The van der Waals surface area contributed by atoms with Crippen LogP contribution in [0.3, 0.4) is 0 Å². The van der Waals surface area contributed by atoms with E-state index in [-0.39, 0.29) is 20.1 Å². The number of hydrogen-bond donors (Lipinski definition) is 0. The summed E-state index contributed by atoms with van der Waals surface area (Å²) in [5.74, 6) is 7.87. The van der Waals surface area contributed by atoms with E-state index in [9.17, 15) is 0 Å². The number of hydrogen-bond acceptors (Lipinski definition) is 4. The zero-order chi connectivity index (χ0) is 47.0. The van der Waals surface area contributed by atoms with Crippen molar-refractivity contribution in [1.82, 2.24) is 19.5 Å². The van der Waals surface area contributed by atoms with E-state index < -0.39 is 19.2 Å². The van der Waals surface area contributed by atoms with Crippen LogP contribution in [0.1, 0.15) is 82.4 Å². The smallest absolute Gasteiger partial charge is 0.0774 e. The van der Waals surface area contributed by atoms with Gasteiger partial charge in [0.05, 0.1) is 22.5 Å². The van der Waals surface area contributed by atoms with Crippen LogP contribution in [-0.4, -0.2) is 32.8 Å². The second-order valence-electron chi connectivity index (χ2n) is 19.3. The third kappa shape index (κ3) is 9.69. The van der Waals surface area contributed by atoms with Gasteiger partial charge in [-0.25, -0.2) is 0 Å². The zero-order valence-corrected chi connectivity index (χ0v) is 44.4. The molecule has 5 nitrogen and oxygen atoms in total. The number of para-hydroxylation sites is 2. The summed E-state index contributed by atoms with van der Waals surface area (Å²) in [7, 11) is 0. The molecule has 0 saturated heterocycles. The van der Waals surface area contributed by atoms with Gasteiger partial charge in [0.15, 0.2) is 0 Å². The van der Waals surface area contributed by atoms with Crippen LogP contribution in [0.25, 0.3) is 83.7 Å². The molecule has 0 spiro atoms. The zero-order valence-electron chi connectivity index (χ0n) is 40.9. The van der Waals surface area contributed by atoms with Gasteiger partial charge in [-0.1, -0.05) is 98.5 Å². The number of pyridine rings is 2. The Morgan fingerprint density at radius 3 is 2.01 bits per heavy atom. The molecule has 0 amide bonds. The Balaban J connectivity index is 0.000000180. The molecular weight excluding hydrogens is 1070 g/mol. The minimum atomic E-state index is -2.14. The first kappa shape index (κ1) is 45.8. The van der Waals surface area contributed by atoms with Crippen LogP contribution in [0.4, 0.5) is 0 Å². The molecule has 4 heterocycles. The van der Waals surface area contributed by atoms with Crippen molar-refractivity contribution in [1.29, 1.82) is 0 Å². The summed E-state index contributed by atoms with van der Waals surface area (Å²) in [5.41, 5.74) is 15.9. The maximum Gasteiger partial charge on any atom is 0.0774 e. The average molecular weight is 1130 g/mol. The summed E-state index contributed by atoms with van der Waals surface area (Å²) < 4.78 is 18.2. The van der Waals surface area contributed by atoms with Gasteiger partial charge in [-0.05, 0) is 59.7 Å². The van der Waals surface area contributed by atoms with E-state index in [0.717, 1.165) is 61.3 Å². The first-order chi connectivity index (χ1) is 32.9. The molecule has 1 aliphatic rings. The minimum absolute atomic E-state index is 0. The fourth-order valence-electron chi connectivity index (χ4n) is 9.84. The Morgan fingerprint density at radius 2 is 1.37 bits per heavy atom. The van der Waals surface area contributed by atoms with E-state index in [1.54, 1.807) is 0 Å². The first-order valence-corrected chi connectivity index (χ1v) is 31.2. The number of fused-ring (bicyclic) bond motifs is 4. The van der Waals surface area contributed by atoms with Crippen LogP contribution in [-0.2, 0) is 20.1 Å². The van der Waals surface area contributed by atoms with Crippen LogP contribution in [0.5, 0.6) is 0 Å². The van der Waals surface area contributed by atoms with Gasteiger partial charge in [0.25, 0.3) is 0 Å². The SMILES string of the molecule is [2H]C(C)(C)c1cc(-c2[c-]cc3oc4nc(C)ccc4c3c2)nc[c]1[Ge]([CH3])([CH3])[CH3].[Ir].[c-]1ccccc1-c1nc2ccccc2n1-c1c(-c2ccccc2)cc(C2CCCCCC2)cc1-c1ccccc1. The van der Waals surface area contributed by atoms with Gasteiger partial charge in [0.1, 0.15) is 0 Å². The van der Waals surface area contributed by atoms with Gasteiger partial charge >= 0.3 is 165 Å². The second kappa shape index (κ2) is 20.4. The number of nitrogens with zero attached hydrogens (tertiary/aromatic N) is 4. The van der Waals surface area contributed by atoms with Gasteiger partial charge in [0, 0.05) is 31.2 Å². The number of rotatable bonds is 8. The van der Waals surface area contributed by atoms with Crippen LogP contribution in [0.15, 0.2) is 162 Å². The van der Waals surface area contributed by atoms with E-state index in [4.69, 9.17) is 15.8 Å². The van der Waals surface area contributed by atoms with Gasteiger partial charge in [-0.15, -0.1) is 35.9 Å². The number of benzene rings is 6. The largest absolute Gasteiger partial charge is 0.332 e. The average Bonchev–Trinajstić information content (AvgIpc) is 3.79. The molecule has 343 valence electrons. The van der Waals surface area contributed by atoms with Gasteiger partial charge in [-0.2, -0.15) is 0 Å². The number of imidazole rings is 1. The van der Waals surface area contributed by atoms with E-state index >= 15 is 0 Å². The number of furan rings is 1. The molecule has 0 unspecified atom stereocenters. The van der Waals surface area contributed by atoms with Crippen molar-refractivity contribution in [3.8, 4) is 50.6 Å². The summed E-state index contributed by atoms with van der Waals surface area (Å²) >= 11 is -2.14. The molecule has 6 aromatic carbocycles. The van der Waals surface area contributed by atoms with Crippen molar-refractivity contribution in [2.45, 2.75) is 88.4 Å². The van der Waals surface area contributed by atoms with Crippen LogP contribution in [0.2, 0.25) is 17.3 Å². The van der Waals surface area contributed by atoms with Crippen LogP contribution in [0, 0.1) is 19.1 Å². The summed E-state index contributed by atoms with van der Waals surface area (Å²) in [6, 6.07) is 60.3. The minimum Gasteiger partial charge on any atom is -0.332 e. The van der Waals surface area contributed by atoms with Gasteiger partial charge in [0.2, 0.25) is 0 Å². The Bertz CT molecular complexity index is 3320. The van der Waals surface area contributed by atoms with Crippen molar-refractivity contribution in [2.24, 2.45) is 0 Å². The summed E-state index contributed by atoms with van der Waals surface area (Å²) in [5, 5.41) is 2.01. The number of aromatic nitrogens is 4. The topological polar surface area (TPSA) is 56.7 Å². The third-order valence-electron chi connectivity index (χ3n) is 13.3. The molecule has 1 aliphatic carbocycles. The fourth-order valence-corrected chi connectivity index (χ4v) is 13.2. The first-order valence-electron chi connectivity index (χ1n) is 24.4. The van der Waals surface area contributed by atoms with Crippen molar-refractivity contribution in [3.05, 3.63) is 187 Å². The Morgan fingerprint density at radius 1 is 0.706 bits per heavy atom. The van der Waals surface area contributed by atoms with Crippen LogP contribution < -0.4 is 4.40 Å². The molecule has 10 aromatic rings. The van der Waals surface area contributed by atoms with Crippen molar-refractivity contribution in [3.63, 3.8) is 0 Å². The standard InChI is InChI=1S/C38H33N2.C23H25GeN2O.Ir/c1-2-7-17-28(16-6-1)32-26-33(29-18-8-3-9-19-29)37(34(27-32)30-20-10-4-11-21-30)40-36-25-15-14-24-35(36)39-38(40)31-22-12-5-13-23-31;1-14(2)18-12-21(25-13-20(18)24(4,5)6)16-8-10-22-19(11-16)17-9-7-15(3)26-23(17)27-22;/h3-5,8-15,18-22,24-28H,1-2,6-7,16-17H2;7,9-14H,1-6H3;/q2*-1;/i;14D;. The molecule has 1 saturated carbocycles. The van der Waals surface area contributed by atoms with E-state index in [0.29, 0.717) is 11.6 Å². The molecule has 0 aliphatic heterocycles. The van der Waals surface area contributed by atoms with E-state index in [2.05, 4.69) is 166 Å². The molecule has 1 fully saturated rings. The molecule has 7 heteroatoms. The van der Waals surface area contributed by atoms with Crippen LogP contribution >= 0.6 is 0 Å². The normalized spacial score (nSPS) is 13.7. The molecule has 0 N–H and O–H groups in total. The van der Waals surface area contributed by atoms with E-state index in [1.807, 2.05) is 51.2 Å². The van der Waals surface area contributed by atoms with Crippen molar-refractivity contribution >= 4 is 50.8 Å². The van der Waals surface area contributed by atoms with E-state index in [1.165, 1.54) is 76.4 Å². The Labute approximate surface area is 419 Å². The molecular formula is C61H58GeIrN4O-2. The molecule has 4 aromatic heterocycles. The second-order valence-corrected chi connectivity index (χ2v) is 29.9. The maximum absolute atomic E-state index is 8.66. The summed E-state index contributed by atoms with van der Waals surface area (Å²) in [4.78, 5) is 14.4. The maximum atomic E-state index is 8.66. The molecule has 11 rings (SSSR count). The predicted molar refractivity (Wildman–Crippen MR) is 282 cm³/mol. The van der Waals surface area contributed by atoms with Crippen molar-refractivity contribution in [2.75, 3.05) is 0 Å². The fraction of sp³-hybridized carbons (Fsp3) is 0.230. The quantitative estimate of drug-likeness (QED) is 0.0864. The third-order valence-corrected chi connectivity index (χ3v) is 17.5. The molecule has 1 radical (unpaired) electrons. The Hall–Kier alpha value is -5.92.